The summed E-state index contributed by atoms with van der Waals surface area (Å²) in [5.74, 6) is -0.0150. The maximum Gasteiger partial charge on any atom is 0.458 e. The molecule has 0 bridgehead atoms. The van der Waals surface area contributed by atoms with Crippen LogP contribution in [0.25, 0.3) is 0 Å². The van der Waals surface area contributed by atoms with E-state index in [-0.39, 0.29) is 5.82 Å². The van der Waals surface area contributed by atoms with Gasteiger partial charge in [-0.15, -0.1) is 0 Å². The predicted octanol–water partition coefficient (Wildman–Crippen LogP) is 0.570. The quantitative estimate of drug-likeness (QED) is 0.398. The van der Waals surface area contributed by atoms with Crippen LogP contribution in [-0.2, 0) is 0 Å². The average molecular weight is 126 g/mol. The molecule has 1 aliphatic carbocycles. The largest absolute Gasteiger partial charge is 0.458 e. The fourth-order valence-electron chi connectivity index (χ4n) is 1.09. The van der Waals surface area contributed by atoms with Gasteiger partial charge in [-0.2, -0.15) is 0 Å². The number of hydrogen-bond donors (Lipinski definition) is 2. The first kappa shape index (κ1) is 6.84. The molecule has 2 nitrogen and oxygen atoms in total. The first-order valence-corrected chi connectivity index (χ1v) is 3.33. The van der Waals surface area contributed by atoms with E-state index in [1.165, 1.54) is 0 Å². The number of hydrogen-bond acceptors (Lipinski definition) is 2. The highest BCUT2D eigenvalue weighted by molar-refractivity contribution is 6.43. The Kier molecular flexibility index (Phi) is 2.31. The molecule has 0 saturated heterocycles. The molecule has 0 unspecified atom stereocenters. The molecule has 1 aliphatic rings. The summed E-state index contributed by atoms with van der Waals surface area (Å²) in [4.78, 5) is 0. The summed E-state index contributed by atoms with van der Waals surface area (Å²) >= 11 is 0. The Bertz CT molecular complexity index is 112. The SMILES string of the molecule is OB(O)[C@@H]1C=CCCC1. The Balaban J connectivity index is 2.40. The van der Waals surface area contributed by atoms with Crippen LogP contribution in [0, 0.1) is 0 Å². The summed E-state index contributed by atoms with van der Waals surface area (Å²) in [5.41, 5.74) is 0. The molecule has 0 aliphatic heterocycles. The van der Waals surface area contributed by atoms with Crippen LogP contribution in [0.2, 0.25) is 5.82 Å². The van der Waals surface area contributed by atoms with E-state index in [0.717, 1.165) is 19.3 Å². The van der Waals surface area contributed by atoms with Gasteiger partial charge in [-0.05, 0) is 19.3 Å². The lowest BCUT2D eigenvalue weighted by Crippen LogP contribution is -2.19. The van der Waals surface area contributed by atoms with Crippen LogP contribution in [-0.4, -0.2) is 17.2 Å². The maximum atomic E-state index is 8.68. The van der Waals surface area contributed by atoms with Crippen LogP contribution < -0.4 is 0 Å². The fraction of sp³-hybridized carbons (Fsp3) is 0.667. The van der Waals surface area contributed by atoms with Crippen molar-refractivity contribution in [2.75, 3.05) is 0 Å². The van der Waals surface area contributed by atoms with Crippen molar-refractivity contribution >= 4 is 7.12 Å². The van der Waals surface area contributed by atoms with E-state index >= 15 is 0 Å². The van der Waals surface area contributed by atoms with E-state index in [2.05, 4.69) is 0 Å². The van der Waals surface area contributed by atoms with Crippen molar-refractivity contribution in [2.45, 2.75) is 25.1 Å². The number of rotatable bonds is 1. The molecule has 1 rings (SSSR count). The van der Waals surface area contributed by atoms with Crippen LogP contribution in [0.3, 0.4) is 0 Å². The van der Waals surface area contributed by atoms with E-state index in [0.29, 0.717) is 0 Å². The standard InChI is InChI=1S/C6H11BO2/c8-7(9)6-4-2-1-3-5-6/h2,4,6,8-9H,1,3,5H2/t6-/m1/s1. The van der Waals surface area contributed by atoms with Gasteiger partial charge in [0.15, 0.2) is 0 Å². The number of allylic oxidation sites excluding steroid dienone is 2. The average Bonchev–Trinajstić information content (AvgIpc) is 1.90. The predicted molar refractivity (Wildman–Crippen MR) is 36.9 cm³/mol. The summed E-state index contributed by atoms with van der Waals surface area (Å²) in [6.45, 7) is 0. The van der Waals surface area contributed by atoms with Gasteiger partial charge >= 0.3 is 7.12 Å². The Morgan fingerprint density at radius 3 is 2.56 bits per heavy atom. The maximum absolute atomic E-state index is 8.68. The van der Waals surface area contributed by atoms with Gasteiger partial charge in [0.2, 0.25) is 0 Å². The molecule has 0 spiro atoms. The molecule has 50 valence electrons. The van der Waals surface area contributed by atoms with Crippen molar-refractivity contribution in [1.82, 2.24) is 0 Å². The van der Waals surface area contributed by atoms with Crippen LogP contribution in [0.5, 0.6) is 0 Å². The van der Waals surface area contributed by atoms with Gasteiger partial charge in [-0.3, -0.25) is 0 Å². The summed E-state index contributed by atoms with van der Waals surface area (Å²) in [6, 6.07) is 0. The zero-order chi connectivity index (χ0) is 6.69. The lowest BCUT2D eigenvalue weighted by Gasteiger charge is -2.13. The molecule has 0 heterocycles. The zero-order valence-electron chi connectivity index (χ0n) is 5.33. The summed E-state index contributed by atoms with van der Waals surface area (Å²) in [7, 11) is -1.15. The molecular formula is C6H11BO2. The lowest BCUT2D eigenvalue weighted by atomic mass is 9.68. The highest BCUT2D eigenvalue weighted by Gasteiger charge is 2.20. The van der Waals surface area contributed by atoms with Gasteiger partial charge < -0.3 is 10.0 Å². The third-order valence-corrected chi connectivity index (χ3v) is 1.67. The van der Waals surface area contributed by atoms with Gasteiger partial charge in [0.25, 0.3) is 0 Å². The van der Waals surface area contributed by atoms with Crippen molar-refractivity contribution in [3.05, 3.63) is 12.2 Å². The highest BCUT2D eigenvalue weighted by atomic mass is 16.4. The van der Waals surface area contributed by atoms with Crippen molar-refractivity contribution in [3.8, 4) is 0 Å². The van der Waals surface area contributed by atoms with Crippen LogP contribution >= 0.6 is 0 Å². The fourth-order valence-corrected chi connectivity index (χ4v) is 1.09. The van der Waals surface area contributed by atoms with E-state index in [9.17, 15) is 0 Å². The summed E-state index contributed by atoms with van der Waals surface area (Å²) in [5, 5.41) is 17.4. The van der Waals surface area contributed by atoms with Crippen LogP contribution in [0.15, 0.2) is 12.2 Å². The van der Waals surface area contributed by atoms with Gasteiger partial charge in [0.05, 0.1) is 0 Å². The van der Waals surface area contributed by atoms with Crippen molar-refractivity contribution in [2.24, 2.45) is 0 Å². The second-order valence-electron chi connectivity index (χ2n) is 2.44. The van der Waals surface area contributed by atoms with E-state index in [4.69, 9.17) is 10.0 Å². The molecule has 1 atom stereocenters. The molecular weight excluding hydrogens is 115 g/mol. The monoisotopic (exact) mass is 126 g/mol. The van der Waals surface area contributed by atoms with Crippen LogP contribution in [0.1, 0.15) is 19.3 Å². The molecule has 0 aromatic carbocycles. The minimum absolute atomic E-state index is 0.0150. The van der Waals surface area contributed by atoms with E-state index < -0.39 is 7.12 Å². The Labute approximate surface area is 55.3 Å². The van der Waals surface area contributed by atoms with Crippen molar-refractivity contribution in [1.29, 1.82) is 0 Å². The molecule has 0 aromatic heterocycles. The first-order chi connectivity index (χ1) is 4.30. The smallest absolute Gasteiger partial charge is 0.427 e. The zero-order valence-corrected chi connectivity index (χ0v) is 5.33. The summed E-state index contributed by atoms with van der Waals surface area (Å²) < 4.78 is 0. The normalized spacial score (nSPS) is 26.2. The topological polar surface area (TPSA) is 40.5 Å². The molecule has 2 N–H and O–H groups in total. The second kappa shape index (κ2) is 3.04. The Hall–Kier alpha value is -0.275. The summed E-state index contributed by atoms with van der Waals surface area (Å²) in [6.07, 6.45) is 6.97. The van der Waals surface area contributed by atoms with E-state index in [1.54, 1.807) is 0 Å². The first-order valence-electron chi connectivity index (χ1n) is 3.33. The second-order valence-corrected chi connectivity index (χ2v) is 2.44. The van der Waals surface area contributed by atoms with Gasteiger partial charge in [-0.1, -0.05) is 12.2 Å². The van der Waals surface area contributed by atoms with Crippen molar-refractivity contribution < 1.29 is 10.0 Å². The van der Waals surface area contributed by atoms with Crippen molar-refractivity contribution in [3.63, 3.8) is 0 Å². The third kappa shape index (κ3) is 1.84. The van der Waals surface area contributed by atoms with Gasteiger partial charge in [-0.25, -0.2) is 0 Å². The Morgan fingerprint density at radius 1 is 1.44 bits per heavy atom. The Morgan fingerprint density at radius 2 is 2.22 bits per heavy atom. The minimum atomic E-state index is -1.15. The van der Waals surface area contributed by atoms with Gasteiger partial charge in [0, 0.05) is 5.82 Å². The molecule has 0 fully saturated rings. The molecule has 9 heavy (non-hydrogen) atoms. The molecule has 0 saturated carbocycles. The molecule has 0 amide bonds. The third-order valence-electron chi connectivity index (χ3n) is 1.67. The minimum Gasteiger partial charge on any atom is -0.427 e. The van der Waals surface area contributed by atoms with Gasteiger partial charge in [0.1, 0.15) is 0 Å². The molecule has 3 heteroatoms. The van der Waals surface area contributed by atoms with Crippen LogP contribution in [0.4, 0.5) is 0 Å². The lowest BCUT2D eigenvalue weighted by molar-refractivity contribution is 0.387. The highest BCUT2D eigenvalue weighted by Crippen LogP contribution is 2.22. The van der Waals surface area contributed by atoms with E-state index in [1.807, 2.05) is 12.2 Å². The molecule has 0 aromatic rings. The molecule has 0 radical (unpaired) electrons.